The van der Waals surface area contributed by atoms with E-state index in [1.165, 1.54) is 12.1 Å². The van der Waals surface area contributed by atoms with Gasteiger partial charge in [-0.15, -0.1) is 0 Å². The molecule has 2 heterocycles. The highest BCUT2D eigenvalue weighted by Gasteiger charge is 2.31. The average molecular weight is 463 g/mol. The lowest BCUT2D eigenvalue weighted by Crippen LogP contribution is -2.54. The summed E-state index contributed by atoms with van der Waals surface area (Å²) in [7, 11) is 0. The van der Waals surface area contributed by atoms with Gasteiger partial charge in [-0.2, -0.15) is 13.2 Å². The maximum atomic E-state index is 12.7. The van der Waals surface area contributed by atoms with Crippen molar-refractivity contribution < 1.29 is 32.2 Å². The van der Waals surface area contributed by atoms with Gasteiger partial charge in [0, 0.05) is 43.5 Å². The topological polar surface area (TPSA) is 71.1 Å². The van der Waals surface area contributed by atoms with E-state index in [1.54, 1.807) is 30.0 Å². The number of anilines is 1. The summed E-state index contributed by atoms with van der Waals surface area (Å²) < 4.78 is 49.2. The molecular weight excluding hydrogens is 439 g/mol. The van der Waals surface area contributed by atoms with Gasteiger partial charge in [0.05, 0.1) is 11.6 Å². The minimum atomic E-state index is -4.44. The monoisotopic (exact) mass is 463 g/mol. The summed E-state index contributed by atoms with van der Waals surface area (Å²) in [5.74, 6) is 0.717. The summed E-state index contributed by atoms with van der Waals surface area (Å²) in [5.41, 5.74) is 0.0230. The van der Waals surface area contributed by atoms with E-state index in [9.17, 15) is 22.8 Å². The first-order valence-corrected chi connectivity index (χ1v) is 10.6. The van der Waals surface area contributed by atoms with Crippen molar-refractivity contribution in [3.8, 4) is 11.5 Å². The molecule has 2 amide bonds. The van der Waals surface area contributed by atoms with Crippen LogP contribution in [-0.2, 0) is 11.0 Å². The van der Waals surface area contributed by atoms with Crippen LogP contribution < -0.4 is 14.8 Å². The molecule has 0 radical (unpaired) electrons. The zero-order chi connectivity index (χ0) is 23.6. The van der Waals surface area contributed by atoms with E-state index in [0.29, 0.717) is 56.6 Å². The molecule has 2 aliphatic rings. The van der Waals surface area contributed by atoms with Gasteiger partial charge < -0.3 is 19.7 Å². The molecule has 176 valence electrons. The molecule has 1 saturated heterocycles. The third-order valence-electron chi connectivity index (χ3n) is 5.80. The molecule has 1 N–H and O–H groups in total. The molecular formula is C23H24F3N3O4. The largest absolute Gasteiger partial charge is 0.486 e. The van der Waals surface area contributed by atoms with E-state index in [0.717, 1.165) is 12.1 Å². The lowest BCUT2D eigenvalue weighted by molar-refractivity contribution is -0.137. The molecule has 10 heteroatoms. The summed E-state index contributed by atoms with van der Waals surface area (Å²) >= 11 is 0. The van der Waals surface area contributed by atoms with Crippen molar-refractivity contribution >= 4 is 17.5 Å². The zero-order valence-electron chi connectivity index (χ0n) is 18.0. The normalized spacial score (nSPS) is 17.4. The Hall–Kier alpha value is -3.27. The number of carbonyl (C=O) groups excluding carboxylic acids is 2. The summed E-state index contributed by atoms with van der Waals surface area (Å²) in [5, 5.41) is 2.88. The number of carbonyl (C=O) groups is 2. The standard InChI is InChI=1S/C23H24F3N3O4/c1-15(21(30)27-18-6-7-19-20(14-18)33-13-12-32-19)28-8-10-29(11-9-28)22(31)16-2-4-17(5-3-16)23(24,25)26/h2-7,14-15H,8-13H2,1H3,(H,27,30). The van der Waals surface area contributed by atoms with Crippen LogP contribution in [0.1, 0.15) is 22.8 Å². The molecule has 2 aromatic rings. The van der Waals surface area contributed by atoms with Gasteiger partial charge in [-0.1, -0.05) is 0 Å². The highest BCUT2D eigenvalue weighted by Crippen LogP contribution is 2.33. The Bertz CT molecular complexity index is 1020. The van der Waals surface area contributed by atoms with E-state index in [4.69, 9.17) is 9.47 Å². The number of alkyl halides is 3. The highest BCUT2D eigenvalue weighted by atomic mass is 19.4. The number of nitrogens with zero attached hydrogens (tertiary/aromatic N) is 2. The second kappa shape index (κ2) is 9.30. The first-order valence-electron chi connectivity index (χ1n) is 10.6. The van der Waals surface area contributed by atoms with Crippen LogP contribution in [-0.4, -0.2) is 67.0 Å². The molecule has 1 atom stereocenters. The smallest absolute Gasteiger partial charge is 0.416 e. The predicted molar refractivity (Wildman–Crippen MR) is 114 cm³/mol. The van der Waals surface area contributed by atoms with Crippen LogP contribution in [0, 0.1) is 0 Å². The van der Waals surface area contributed by atoms with Crippen LogP contribution in [0.2, 0.25) is 0 Å². The molecule has 0 aromatic heterocycles. The SMILES string of the molecule is CC(C(=O)Nc1ccc2c(c1)OCCO2)N1CCN(C(=O)c2ccc(C(F)(F)F)cc2)CC1. The Labute approximate surface area is 189 Å². The van der Waals surface area contributed by atoms with E-state index < -0.39 is 17.8 Å². The quantitative estimate of drug-likeness (QED) is 0.754. The Balaban J connectivity index is 1.30. The summed E-state index contributed by atoms with van der Waals surface area (Å²) in [6.45, 7) is 4.44. The van der Waals surface area contributed by atoms with Gasteiger partial charge in [-0.3, -0.25) is 14.5 Å². The van der Waals surface area contributed by atoms with E-state index in [-0.39, 0.29) is 17.4 Å². The van der Waals surface area contributed by atoms with Crippen LogP contribution in [0.25, 0.3) is 0 Å². The minimum absolute atomic E-state index is 0.186. The molecule has 4 rings (SSSR count). The Morgan fingerprint density at radius 3 is 2.21 bits per heavy atom. The Morgan fingerprint density at radius 1 is 0.939 bits per heavy atom. The van der Waals surface area contributed by atoms with Crippen LogP contribution in [0.5, 0.6) is 11.5 Å². The van der Waals surface area contributed by atoms with Crippen molar-refractivity contribution in [2.24, 2.45) is 0 Å². The zero-order valence-corrected chi connectivity index (χ0v) is 18.0. The van der Waals surface area contributed by atoms with Crippen molar-refractivity contribution in [1.82, 2.24) is 9.80 Å². The fourth-order valence-electron chi connectivity index (χ4n) is 3.83. The van der Waals surface area contributed by atoms with Crippen molar-refractivity contribution in [2.75, 3.05) is 44.7 Å². The molecule has 2 aliphatic heterocycles. The van der Waals surface area contributed by atoms with Gasteiger partial charge in [0.15, 0.2) is 11.5 Å². The second-order valence-corrected chi connectivity index (χ2v) is 7.93. The molecule has 0 bridgehead atoms. The lowest BCUT2D eigenvalue weighted by Gasteiger charge is -2.37. The van der Waals surface area contributed by atoms with E-state index in [1.807, 2.05) is 4.90 Å². The maximum absolute atomic E-state index is 12.7. The van der Waals surface area contributed by atoms with Gasteiger partial charge in [0.25, 0.3) is 5.91 Å². The fourth-order valence-corrected chi connectivity index (χ4v) is 3.83. The lowest BCUT2D eigenvalue weighted by atomic mass is 10.1. The molecule has 0 aliphatic carbocycles. The number of piperazine rings is 1. The number of hydrogen-bond acceptors (Lipinski definition) is 5. The van der Waals surface area contributed by atoms with E-state index in [2.05, 4.69) is 5.32 Å². The van der Waals surface area contributed by atoms with Crippen LogP contribution in [0.15, 0.2) is 42.5 Å². The number of rotatable bonds is 4. The number of ether oxygens (including phenoxy) is 2. The number of halogens is 3. The van der Waals surface area contributed by atoms with Gasteiger partial charge >= 0.3 is 6.18 Å². The molecule has 0 spiro atoms. The summed E-state index contributed by atoms with van der Waals surface area (Å²) in [6.07, 6.45) is -4.44. The fraction of sp³-hybridized carbons (Fsp3) is 0.391. The predicted octanol–water partition coefficient (Wildman–Crippen LogP) is 3.26. The van der Waals surface area contributed by atoms with Crippen molar-refractivity contribution in [3.05, 3.63) is 53.6 Å². The van der Waals surface area contributed by atoms with Gasteiger partial charge in [0.1, 0.15) is 13.2 Å². The second-order valence-electron chi connectivity index (χ2n) is 7.93. The molecule has 33 heavy (non-hydrogen) atoms. The van der Waals surface area contributed by atoms with Crippen LogP contribution >= 0.6 is 0 Å². The molecule has 1 fully saturated rings. The maximum Gasteiger partial charge on any atom is 0.416 e. The molecule has 0 saturated carbocycles. The van der Waals surface area contributed by atoms with Crippen molar-refractivity contribution in [1.29, 1.82) is 0 Å². The number of amides is 2. The summed E-state index contributed by atoms with van der Waals surface area (Å²) in [4.78, 5) is 28.9. The number of benzene rings is 2. The summed E-state index contributed by atoms with van der Waals surface area (Å²) in [6, 6.07) is 9.00. The van der Waals surface area contributed by atoms with Gasteiger partial charge in [-0.05, 0) is 43.3 Å². The van der Waals surface area contributed by atoms with Gasteiger partial charge in [-0.25, -0.2) is 0 Å². The Kier molecular flexibility index (Phi) is 6.46. The molecule has 7 nitrogen and oxygen atoms in total. The third-order valence-corrected chi connectivity index (χ3v) is 5.80. The molecule has 2 aromatic carbocycles. The Morgan fingerprint density at radius 2 is 1.58 bits per heavy atom. The van der Waals surface area contributed by atoms with Crippen LogP contribution in [0.3, 0.4) is 0 Å². The van der Waals surface area contributed by atoms with Gasteiger partial charge in [0.2, 0.25) is 5.91 Å². The first-order chi connectivity index (χ1) is 15.7. The number of hydrogen-bond donors (Lipinski definition) is 1. The highest BCUT2D eigenvalue weighted by molar-refractivity contribution is 5.95. The van der Waals surface area contributed by atoms with E-state index >= 15 is 0 Å². The average Bonchev–Trinajstić information content (AvgIpc) is 2.82. The number of fused-ring (bicyclic) bond motifs is 1. The van der Waals surface area contributed by atoms with Crippen molar-refractivity contribution in [2.45, 2.75) is 19.1 Å². The third kappa shape index (κ3) is 5.22. The van der Waals surface area contributed by atoms with Crippen LogP contribution in [0.4, 0.5) is 18.9 Å². The molecule has 1 unspecified atom stereocenters. The minimum Gasteiger partial charge on any atom is -0.486 e. The van der Waals surface area contributed by atoms with Crippen molar-refractivity contribution in [3.63, 3.8) is 0 Å². The number of nitrogens with one attached hydrogen (secondary N) is 1. The first kappa shape index (κ1) is 22.9.